The standard InChI is InChI=1S/C27H18N4O5S/c1-17-9-11-22-24(13-17)37-27(29-22)30(25(32)12-10-18-5-4-6-20(14-18)31(34)35)28-15-19-16-36-23-8-3-2-7-21(23)26(19)33/h2-16H,1H3/b12-10+,28-15+. The summed E-state index contributed by atoms with van der Waals surface area (Å²) in [4.78, 5) is 41.2. The molecule has 37 heavy (non-hydrogen) atoms. The minimum absolute atomic E-state index is 0.0888. The van der Waals surface area contributed by atoms with Crippen LogP contribution in [-0.2, 0) is 4.79 Å². The zero-order valence-electron chi connectivity index (χ0n) is 19.4. The van der Waals surface area contributed by atoms with Crippen LogP contribution in [0.1, 0.15) is 16.7 Å². The molecular formula is C27H18N4O5S. The predicted molar refractivity (Wildman–Crippen MR) is 144 cm³/mol. The van der Waals surface area contributed by atoms with Crippen LogP contribution >= 0.6 is 11.3 Å². The number of fused-ring (bicyclic) bond motifs is 2. The molecule has 0 aliphatic rings. The number of para-hydroxylation sites is 1. The zero-order valence-corrected chi connectivity index (χ0v) is 20.2. The number of hydrazone groups is 1. The van der Waals surface area contributed by atoms with E-state index in [2.05, 4.69) is 10.1 Å². The first kappa shape index (κ1) is 23.8. The van der Waals surface area contributed by atoms with Crippen molar-refractivity contribution in [1.82, 2.24) is 4.98 Å². The van der Waals surface area contributed by atoms with Crippen molar-refractivity contribution in [3.63, 3.8) is 0 Å². The van der Waals surface area contributed by atoms with E-state index in [-0.39, 0.29) is 16.7 Å². The summed E-state index contributed by atoms with van der Waals surface area (Å²) < 4.78 is 6.41. The van der Waals surface area contributed by atoms with Crippen LogP contribution < -0.4 is 10.4 Å². The Balaban J connectivity index is 1.53. The maximum absolute atomic E-state index is 13.3. The van der Waals surface area contributed by atoms with Crippen molar-refractivity contribution in [2.45, 2.75) is 6.92 Å². The molecule has 0 saturated heterocycles. The van der Waals surface area contributed by atoms with Crippen LogP contribution in [0.4, 0.5) is 10.8 Å². The van der Waals surface area contributed by atoms with E-state index in [0.717, 1.165) is 15.3 Å². The molecule has 0 radical (unpaired) electrons. The summed E-state index contributed by atoms with van der Waals surface area (Å²) in [5.41, 5.74) is 2.45. The van der Waals surface area contributed by atoms with Gasteiger partial charge in [0.05, 0.1) is 32.3 Å². The van der Waals surface area contributed by atoms with Gasteiger partial charge in [-0.1, -0.05) is 41.7 Å². The minimum Gasteiger partial charge on any atom is -0.463 e. The molecule has 2 aromatic heterocycles. The molecule has 5 aromatic rings. The molecular weight excluding hydrogens is 492 g/mol. The van der Waals surface area contributed by atoms with E-state index in [4.69, 9.17) is 4.42 Å². The lowest BCUT2D eigenvalue weighted by Gasteiger charge is -2.11. The maximum atomic E-state index is 13.3. The first-order valence-corrected chi connectivity index (χ1v) is 11.9. The molecule has 0 aliphatic heterocycles. The number of nitrogens with zero attached hydrogens (tertiary/aromatic N) is 4. The summed E-state index contributed by atoms with van der Waals surface area (Å²) in [5, 5.41) is 17.1. The van der Waals surface area contributed by atoms with Crippen molar-refractivity contribution in [2.75, 3.05) is 5.01 Å². The van der Waals surface area contributed by atoms with Crippen LogP contribution in [0.25, 0.3) is 27.3 Å². The highest BCUT2D eigenvalue weighted by molar-refractivity contribution is 7.22. The number of carbonyl (C=O) groups is 1. The molecule has 0 spiro atoms. The molecule has 5 rings (SSSR count). The van der Waals surface area contributed by atoms with Crippen LogP contribution in [0.15, 0.2) is 93.4 Å². The zero-order chi connectivity index (χ0) is 25.9. The number of carbonyl (C=O) groups excluding carboxylic acids is 1. The van der Waals surface area contributed by atoms with Gasteiger partial charge in [-0.2, -0.15) is 10.1 Å². The Morgan fingerprint density at radius 1 is 1.14 bits per heavy atom. The average Bonchev–Trinajstić information content (AvgIpc) is 3.31. The number of thiazole rings is 1. The first-order valence-electron chi connectivity index (χ1n) is 11.1. The van der Waals surface area contributed by atoms with Crippen molar-refractivity contribution in [2.24, 2.45) is 5.10 Å². The molecule has 1 amide bonds. The number of benzene rings is 3. The summed E-state index contributed by atoms with van der Waals surface area (Å²) in [5.74, 6) is -0.552. The van der Waals surface area contributed by atoms with Crippen LogP contribution in [0, 0.1) is 17.0 Å². The third kappa shape index (κ3) is 5.04. The van der Waals surface area contributed by atoms with Gasteiger partial charge in [-0.3, -0.25) is 19.7 Å². The summed E-state index contributed by atoms with van der Waals surface area (Å²) in [7, 11) is 0. The fourth-order valence-electron chi connectivity index (χ4n) is 3.59. The monoisotopic (exact) mass is 510 g/mol. The molecule has 3 aromatic carbocycles. The highest BCUT2D eigenvalue weighted by atomic mass is 32.1. The number of nitro groups is 1. The number of aryl methyl sites for hydroxylation is 1. The number of nitro benzene ring substituents is 1. The van der Waals surface area contributed by atoms with Gasteiger partial charge in [0, 0.05) is 18.2 Å². The van der Waals surface area contributed by atoms with Gasteiger partial charge >= 0.3 is 0 Å². The average molecular weight is 511 g/mol. The Labute approximate surface area is 213 Å². The van der Waals surface area contributed by atoms with Crippen LogP contribution in [0.5, 0.6) is 0 Å². The largest absolute Gasteiger partial charge is 0.463 e. The lowest BCUT2D eigenvalue weighted by Crippen LogP contribution is -2.24. The second kappa shape index (κ2) is 9.96. The molecule has 0 fully saturated rings. The third-order valence-electron chi connectivity index (χ3n) is 5.44. The summed E-state index contributed by atoms with van der Waals surface area (Å²) >= 11 is 1.27. The first-order chi connectivity index (χ1) is 17.9. The molecule has 0 bridgehead atoms. The number of hydrogen-bond donors (Lipinski definition) is 0. The van der Waals surface area contributed by atoms with Crippen LogP contribution in [0.2, 0.25) is 0 Å². The second-order valence-corrected chi connectivity index (χ2v) is 9.07. The topological polar surface area (TPSA) is 119 Å². The molecule has 0 unspecified atom stereocenters. The van der Waals surface area contributed by atoms with Crippen molar-refractivity contribution < 1.29 is 14.1 Å². The fourth-order valence-corrected chi connectivity index (χ4v) is 4.62. The number of rotatable bonds is 6. The summed E-state index contributed by atoms with van der Waals surface area (Å²) in [6, 6.07) is 18.5. The van der Waals surface area contributed by atoms with Gasteiger partial charge < -0.3 is 4.42 Å². The molecule has 0 aliphatic carbocycles. The maximum Gasteiger partial charge on any atom is 0.273 e. The number of amides is 1. The van der Waals surface area contributed by atoms with E-state index >= 15 is 0 Å². The molecule has 9 nitrogen and oxygen atoms in total. The van der Waals surface area contributed by atoms with E-state index in [1.54, 1.807) is 30.3 Å². The van der Waals surface area contributed by atoms with Gasteiger partial charge in [0.1, 0.15) is 11.8 Å². The van der Waals surface area contributed by atoms with Gasteiger partial charge in [0.2, 0.25) is 10.6 Å². The van der Waals surface area contributed by atoms with Gasteiger partial charge in [-0.25, -0.2) is 4.98 Å². The van der Waals surface area contributed by atoms with Crippen LogP contribution in [0.3, 0.4) is 0 Å². The molecule has 182 valence electrons. The highest BCUT2D eigenvalue weighted by Gasteiger charge is 2.18. The normalized spacial score (nSPS) is 11.6. The van der Waals surface area contributed by atoms with Crippen molar-refractivity contribution in [1.29, 1.82) is 0 Å². The number of hydrogen-bond acceptors (Lipinski definition) is 8. The van der Waals surface area contributed by atoms with Crippen molar-refractivity contribution >= 4 is 61.5 Å². The van der Waals surface area contributed by atoms with E-state index in [1.807, 2.05) is 25.1 Å². The van der Waals surface area contributed by atoms with Gasteiger partial charge in [-0.15, -0.1) is 0 Å². The van der Waals surface area contributed by atoms with Gasteiger partial charge in [0.25, 0.3) is 11.6 Å². The highest BCUT2D eigenvalue weighted by Crippen LogP contribution is 2.30. The molecule has 10 heteroatoms. The molecule has 0 saturated carbocycles. The van der Waals surface area contributed by atoms with E-state index < -0.39 is 10.8 Å². The molecule has 2 heterocycles. The van der Waals surface area contributed by atoms with E-state index in [0.29, 0.717) is 27.2 Å². The lowest BCUT2D eigenvalue weighted by molar-refractivity contribution is -0.384. The third-order valence-corrected chi connectivity index (χ3v) is 6.43. The number of non-ortho nitro benzene ring substituents is 1. The van der Waals surface area contributed by atoms with Crippen molar-refractivity contribution in [3.8, 4) is 0 Å². The quantitative estimate of drug-likeness (QED) is 0.125. The minimum atomic E-state index is -0.552. The fraction of sp³-hybridized carbons (Fsp3) is 0.0370. The molecule has 0 atom stereocenters. The van der Waals surface area contributed by atoms with Crippen LogP contribution in [-0.4, -0.2) is 22.0 Å². The van der Waals surface area contributed by atoms with E-state index in [1.165, 1.54) is 54.2 Å². The summed E-state index contributed by atoms with van der Waals surface area (Å²) in [6.45, 7) is 1.96. The Hall–Kier alpha value is -4.96. The van der Waals surface area contributed by atoms with Gasteiger partial charge in [-0.05, 0) is 48.4 Å². The lowest BCUT2D eigenvalue weighted by atomic mass is 10.2. The molecule has 0 N–H and O–H groups in total. The SMILES string of the molecule is Cc1ccc2nc(N(/N=C/c3coc4ccccc4c3=O)C(=O)/C=C/c3cccc([N+](=O)[O-])c3)sc2c1. The van der Waals surface area contributed by atoms with E-state index in [9.17, 15) is 19.7 Å². The predicted octanol–water partition coefficient (Wildman–Crippen LogP) is 5.70. The van der Waals surface area contributed by atoms with Crippen molar-refractivity contribution in [3.05, 3.63) is 116 Å². The smallest absolute Gasteiger partial charge is 0.273 e. The van der Waals surface area contributed by atoms with Gasteiger partial charge in [0.15, 0.2) is 0 Å². The number of anilines is 1. The second-order valence-electron chi connectivity index (χ2n) is 8.06. The Kier molecular flexibility index (Phi) is 6.40. The Morgan fingerprint density at radius 3 is 2.81 bits per heavy atom. The Bertz CT molecular complexity index is 1790. The summed E-state index contributed by atoms with van der Waals surface area (Å²) in [6.07, 6.45) is 5.25. The number of aromatic nitrogens is 1. The Morgan fingerprint density at radius 2 is 1.97 bits per heavy atom.